The molecule has 0 saturated carbocycles. The van der Waals surface area contributed by atoms with E-state index in [4.69, 9.17) is 0 Å². The highest BCUT2D eigenvalue weighted by Crippen LogP contribution is 2.36. The molecule has 1 aromatic carbocycles. The average molecular weight is 355 g/mol. The number of benzene rings is 1. The monoisotopic (exact) mass is 355 g/mol. The number of aromatic nitrogens is 2. The van der Waals surface area contributed by atoms with E-state index in [1.165, 1.54) is 6.07 Å². The number of aromatic amines is 1. The van der Waals surface area contributed by atoms with Crippen LogP contribution in [0.2, 0.25) is 0 Å². The maximum Gasteiger partial charge on any atom is 0.416 e. The molecule has 0 fully saturated rings. The standard InChI is InChI=1S/C17H20F3N3S/c1-24-9-7-15-16-14(21-11-22-16)6-8-23(15)10-12-4-2-3-5-13(12)17(18,19)20/h2-5,11,15H,6-10H2,1H3,(H,21,22)/t15-/m1/s1. The number of halogens is 3. The molecule has 7 heteroatoms. The molecule has 2 heterocycles. The van der Waals surface area contributed by atoms with Crippen LogP contribution in [0.1, 0.15) is 35.0 Å². The van der Waals surface area contributed by atoms with E-state index in [-0.39, 0.29) is 6.04 Å². The van der Waals surface area contributed by atoms with Crippen molar-refractivity contribution in [3.05, 3.63) is 53.1 Å². The average Bonchev–Trinajstić information content (AvgIpc) is 3.02. The number of thioether (sulfide) groups is 1. The third-order valence-corrected chi connectivity index (χ3v) is 5.09. The van der Waals surface area contributed by atoms with Crippen LogP contribution in [-0.2, 0) is 19.1 Å². The lowest BCUT2D eigenvalue weighted by atomic mass is 9.98. The number of imidazole rings is 1. The molecule has 3 nitrogen and oxygen atoms in total. The maximum absolute atomic E-state index is 13.3. The number of rotatable bonds is 5. The minimum atomic E-state index is -4.32. The Kier molecular flexibility index (Phi) is 5.20. The normalized spacial score (nSPS) is 18.6. The summed E-state index contributed by atoms with van der Waals surface area (Å²) in [6.45, 7) is 1.03. The fourth-order valence-electron chi connectivity index (χ4n) is 3.29. The molecule has 24 heavy (non-hydrogen) atoms. The molecule has 0 amide bonds. The summed E-state index contributed by atoms with van der Waals surface area (Å²) in [5.74, 6) is 0.953. The Morgan fingerprint density at radius 2 is 2.12 bits per heavy atom. The number of hydrogen-bond acceptors (Lipinski definition) is 3. The van der Waals surface area contributed by atoms with Crippen LogP contribution >= 0.6 is 11.8 Å². The highest BCUT2D eigenvalue weighted by atomic mass is 32.2. The van der Waals surface area contributed by atoms with Gasteiger partial charge in [0, 0.05) is 25.2 Å². The van der Waals surface area contributed by atoms with Gasteiger partial charge in [0.1, 0.15) is 0 Å². The minimum Gasteiger partial charge on any atom is -0.348 e. The van der Waals surface area contributed by atoms with E-state index in [1.54, 1.807) is 30.2 Å². The summed E-state index contributed by atoms with van der Waals surface area (Å²) in [7, 11) is 0. The fraction of sp³-hybridized carbons (Fsp3) is 0.471. The van der Waals surface area contributed by atoms with Gasteiger partial charge < -0.3 is 4.98 Å². The Morgan fingerprint density at radius 3 is 2.88 bits per heavy atom. The van der Waals surface area contributed by atoms with Gasteiger partial charge in [-0.05, 0) is 30.1 Å². The molecule has 1 aromatic heterocycles. The van der Waals surface area contributed by atoms with Crippen LogP contribution in [0.4, 0.5) is 13.2 Å². The Morgan fingerprint density at radius 1 is 1.33 bits per heavy atom. The van der Waals surface area contributed by atoms with E-state index in [2.05, 4.69) is 14.9 Å². The summed E-state index contributed by atoms with van der Waals surface area (Å²) in [6, 6.07) is 5.92. The van der Waals surface area contributed by atoms with Gasteiger partial charge in [0.25, 0.3) is 0 Å². The van der Waals surface area contributed by atoms with Crippen molar-refractivity contribution in [3.8, 4) is 0 Å². The number of H-pyrrole nitrogens is 1. The number of nitrogens with zero attached hydrogens (tertiary/aromatic N) is 2. The molecule has 0 aliphatic carbocycles. The largest absolute Gasteiger partial charge is 0.416 e. The second-order valence-corrected chi connectivity index (χ2v) is 6.92. The molecule has 1 aliphatic rings. The number of nitrogens with one attached hydrogen (secondary N) is 1. The van der Waals surface area contributed by atoms with Crippen molar-refractivity contribution in [2.45, 2.75) is 31.6 Å². The zero-order chi connectivity index (χ0) is 17.2. The Balaban J connectivity index is 1.87. The third-order valence-electron chi connectivity index (χ3n) is 4.45. The number of alkyl halides is 3. The molecule has 3 rings (SSSR count). The Labute approximate surface area is 143 Å². The van der Waals surface area contributed by atoms with Crippen LogP contribution in [0.5, 0.6) is 0 Å². The number of fused-ring (bicyclic) bond motifs is 1. The van der Waals surface area contributed by atoms with E-state index in [0.717, 1.165) is 42.6 Å². The van der Waals surface area contributed by atoms with Gasteiger partial charge in [0.15, 0.2) is 0 Å². The molecular weight excluding hydrogens is 335 g/mol. The van der Waals surface area contributed by atoms with Gasteiger partial charge in [-0.1, -0.05) is 18.2 Å². The minimum absolute atomic E-state index is 0.0636. The molecule has 2 aromatic rings. The van der Waals surface area contributed by atoms with E-state index in [0.29, 0.717) is 12.1 Å². The molecule has 0 unspecified atom stereocenters. The highest BCUT2D eigenvalue weighted by molar-refractivity contribution is 7.98. The van der Waals surface area contributed by atoms with E-state index < -0.39 is 11.7 Å². The summed E-state index contributed by atoms with van der Waals surface area (Å²) < 4.78 is 39.8. The van der Waals surface area contributed by atoms with Gasteiger partial charge in [-0.25, -0.2) is 4.98 Å². The quantitative estimate of drug-likeness (QED) is 0.869. The number of hydrogen-bond donors (Lipinski definition) is 1. The summed E-state index contributed by atoms with van der Waals surface area (Å²) in [5, 5.41) is 0. The van der Waals surface area contributed by atoms with Crippen molar-refractivity contribution in [2.24, 2.45) is 0 Å². The molecule has 0 radical (unpaired) electrons. The zero-order valence-electron chi connectivity index (χ0n) is 13.4. The first-order valence-electron chi connectivity index (χ1n) is 7.91. The predicted octanol–water partition coefficient (Wildman–Crippen LogP) is 4.28. The van der Waals surface area contributed by atoms with Crippen LogP contribution < -0.4 is 0 Å². The zero-order valence-corrected chi connectivity index (χ0v) is 14.3. The molecule has 130 valence electrons. The van der Waals surface area contributed by atoms with Crippen molar-refractivity contribution in [1.29, 1.82) is 0 Å². The van der Waals surface area contributed by atoms with Gasteiger partial charge in [-0.15, -0.1) is 0 Å². The molecule has 1 aliphatic heterocycles. The second-order valence-electron chi connectivity index (χ2n) is 5.94. The predicted molar refractivity (Wildman–Crippen MR) is 89.9 cm³/mol. The molecular formula is C17H20F3N3S. The van der Waals surface area contributed by atoms with E-state index in [9.17, 15) is 13.2 Å². The van der Waals surface area contributed by atoms with E-state index >= 15 is 0 Å². The van der Waals surface area contributed by atoms with Crippen molar-refractivity contribution in [3.63, 3.8) is 0 Å². The lowest BCUT2D eigenvalue weighted by Crippen LogP contribution is -2.36. The summed E-state index contributed by atoms with van der Waals surface area (Å²) in [5.41, 5.74) is 1.89. The van der Waals surface area contributed by atoms with Gasteiger partial charge >= 0.3 is 6.18 Å². The van der Waals surface area contributed by atoms with Crippen molar-refractivity contribution in [2.75, 3.05) is 18.6 Å². The Hall–Kier alpha value is -1.47. The van der Waals surface area contributed by atoms with Gasteiger partial charge in [-0.2, -0.15) is 24.9 Å². The summed E-state index contributed by atoms with van der Waals surface area (Å²) in [6.07, 6.45) is 1.08. The van der Waals surface area contributed by atoms with Crippen LogP contribution in [-0.4, -0.2) is 33.4 Å². The molecule has 0 bridgehead atoms. The van der Waals surface area contributed by atoms with Crippen LogP contribution in [0.3, 0.4) is 0 Å². The Bertz CT molecular complexity index is 684. The van der Waals surface area contributed by atoms with Gasteiger partial charge in [-0.3, -0.25) is 4.90 Å². The molecule has 0 spiro atoms. The van der Waals surface area contributed by atoms with Gasteiger partial charge in [0.2, 0.25) is 0 Å². The first-order valence-corrected chi connectivity index (χ1v) is 9.30. The highest BCUT2D eigenvalue weighted by Gasteiger charge is 2.35. The lowest BCUT2D eigenvalue weighted by Gasteiger charge is -2.35. The van der Waals surface area contributed by atoms with Crippen molar-refractivity contribution >= 4 is 11.8 Å². The maximum atomic E-state index is 13.3. The second kappa shape index (κ2) is 7.19. The smallest absolute Gasteiger partial charge is 0.348 e. The summed E-state index contributed by atoms with van der Waals surface area (Å²) in [4.78, 5) is 9.71. The van der Waals surface area contributed by atoms with Gasteiger partial charge in [0.05, 0.1) is 23.6 Å². The molecule has 1 atom stereocenters. The molecule has 0 saturated heterocycles. The molecule has 1 N–H and O–H groups in total. The SMILES string of the molecule is CSCC[C@@H]1c2nc[nH]c2CCN1Cc1ccccc1C(F)(F)F. The van der Waals surface area contributed by atoms with Crippen molar-refractivity contribution < 1.29 is 13.2 Å². The first-order chi connectivity index (χ1) is 11.5. The van der Waals surface area contributed by atoms with Crippen LogP contribution in [0, 0.1) is 0 Å². The van der Waals surface area contributed by atoms with Crippen LogP contribution in [0.15, 0.2) is 30.6 Å². The third kappa shape index (κ3) is 3.62. The van der Waals surface area contributed by atoms with Crippen LogP contribution in [0.25, 0.3) is 0 Å². The topological polar surface area (TPSA) is 31.9 Å². The van der Waals surface area contributed by atoms with Crippen molar-refractivity contribution in [1.82, 2.24) is 14.9 Å². The lowest BCUT2D eigenvalue weighted by molar-refractivity contribution is -0.138. The first kappa shape index (κ1) is 17.4. The summed E-state index contributed by atoms with van der Waals surface area (Å²) >= 11 is 1.74. The van der Waals surface area contributed by atoms with E-state index in [1.807, 2.05) is 6.26 Å². The fourth-order valence-corrected chi connectivity index (χ4v) is 3.75.